The number of thiophene rings is 1. The third-order valence-electron chi connectivity index (χ3n) is 2.79. The molecule has 2 aromatic rings. The summed E-state index contributed by atoms with van der Waals surface area (Å²) < 4.78 is 26.4. The maximum Gasteiger partial charge on any atom is 0.335 e. The van der Waals surface area contributed by atoms with Crippen LogP contribution in [-0.2, 0) is 10.0 Å². The van der Waals surface area contributed by atoms with Crippen molar-refractivity contribution in [3.63, 3.8) is 0 Å². The number of carboxylic acid groups (broad SMARTS) is 1. The van der Waals surface area contributed by atoms with Gasteiger partial charge in [-0.3, -0.25) is 0 Å². The average Bonchev–Trinajstić information content (AvgIpc) is 2.99. The van der Waals surface area contributed by atoms with E-state index in [1.165, 1.54) is 29.5 Å². The molecule has 0 amide bonds. The molecule has 0 radical (unpaired) electrons. The molecule has 1 atom stereocenters. The summed E-state index contributed by atoms with van der Waals surface area (Å²) in [5.41, 5.74) is 0.512. The number of aliphatic hydroxyl groups excluding tert-OH is 1. The number of nitrogens with one attached hydrogen (secondary N) is 1. The largest absolute Gasteiger partial charge is 0.478 e. The minimum absolute atomic E-state index is 0.115. The van der Waals surface area contributed by atoms with Crippen LogP contribution in [0.3, 0.4) is 0 Å². The first-order valence-electron chi connectivity index (χ1n) is 5.93. The summed E-state index contributed by atoms with van der Waals surface area (Å²) in [6.07, 6.45) is -0.950. The lowest BCUT2D eigenvalue weighted by Crippen LogP contribution is -2.28. The molecule has 0 spiro atoms. The maximum absolute atomic E-state index is 12.1. The number of aliphatic hydroxyl groups is 1. The summed E-state index contributed by atoms with van der Waals surface area (Å²) in [5, 5.41) is 22.2. The molecule has 112 valence electrons. The molecule has 0 aliphatic heterocycles. The fourth-order valence-corrected chi connectivity index (χ4v) is 3.44. The van der Waals surface area contributed by atoms with Crippen molar-refractivity contribution in [2.24, 2.45) is 0 Å². The molecule has 1 unspecified atom stereocenters. The van der Waals surface area contributed by atoms with Gasteiger partial charge in [-0.1, -0.05) is 6.07 Å². The van der Waals surface area contributed by atoms with Gasteiger partial charge in [-0.25, -0.2) is 17.9 Å². The highest BCUT2D eigenvalue weighted by molar-refractivity contribution is 7.89. The minimum Gasteiger partial charge on any atom is -0.478 e. The topological polar surface area (TPSA) is 104 Å². The Morgan fingerprint density at radius 3 is 2.71 bits per heavy atom. The number of benzene rings is 1. The van der Waals surface area contributed by atoms with E-state index in [0.717, 1.165) is 6.07 Å². The van der Waals surface area contributed by atoms with Crippen LogP contribution in [0, 0.1) is 0 Å². The Balaban J connectivity index is 2.11. The summed E-state index contributed by atoms with van der Waals surface area (Å²) >= 11 is 1.40. The fourth-order valence-electron chi connectivity index (χ4n) is 1.65. The first-order chi connectivity index (χ1) is 9.90. The average molecular weight is 327 g/mol. The second-order valence-electron chi connectivity index (χ2n) is 4.26. The van der Waals surface area contributed by atoms with Crippen molar-refractivity contribution < 1.29 is 23.4 Å². The molecular formula is C13H13NO5S2. The van der Waals surface area contributed by atoms with Crippen molar-refractivity contribution in [2.45, 2.75) is 11.0 Å². The molecule has 0 bridgehead atoms. The highest BCUT2D eigenvalue weighted by Crippen LogP contribution is 2.17. The van der Waals surface area contributed by atoms with Gasteiger partial charge in [-0.15, -0.1) is 0 Å². The van der Waals surface area contributed by atoms with Crippen LogP contribution in [0.1, 0.15) is 22.0 Å². The van der Waals surface area contributed by atoms with Gasteiger partial charge in [-0.05, 0) is 40.6 Å². The number of sulfonamides is 1. The summed E-state index contributed by atoms with van der Waals surface area (Å²) in [6, 6.07) is 6.73. The van der Waals surface area contributed by atoms with E-state index in [0.29, 0.717) is 5.56 Å². The normalized spacial score (nSPS) is 13.0. The number of carboxylic acids is 1. The number of aromatic carboxylic acids is 1. The molecule has 1 heterocycles. The van der Waals surface area contributed by atoms with Gasteiger partial charge in [0, 0.05) is 6.54 Å². The molecule has 1 aromatic carbocycles. The number of hydrogen-bond donors (Lipinski definition) is 3. The van der Waals surface area contributed by atoms with Gasteiger partial charge in [0.15, 0.2) is 0 Å². The van der Waals surface area contributed by atoms with Crippen LogP contribution in [0.25, 0.3) is 0 Å². The number of carbonyl (C=O) groups is 1. The molecular weight excluding hydrogens is 314 g/mol. The van der Waals surface area contributed by atoms with E-state index >= 15 is 0 Å². The summed E-state index contributed by atoms with van der Waals surface area (Å²) in [5.74, 6) is -1.20. The standard InChI is InChI=1S/C13H13NO5S2/c15-12(10-4-5-20-8-10)7-14-21(18,19)11-3-1-2-9(6-11)13(16)17/h1-6,8,12,14-15H,7H2,(H,16,17). The predicted molar refractivity (Wildman–Crippen MR) is 77.9 cm³/mol. The SMILES string of the molecule is O=C(O)c1cccc(S(=O)(=O)NCC(O)c2ccsc2)c1. The molecule has 8 heteroatoms. The Bertz CT molecular complexity index is 725. The van der Waals surface area contributed by atoms with E-state index in [4.69, 9.17) is 5.11 Å². The van der Waals surface area contributed by atoms with Crippen LogP contribution >= 0.6 is 11.3 Å². The van der Waals surface area contributed by atoms with E-state index in [1.807, 2.05) is 0 Å². The van der Waals surface area contributed by atoms with Gasteiger partial charge in [0.25, 0.3) is 0 Å². The molecule has 6 nitrogen and oxygen atoms in total. The van der Waals surface area contributed by atoms with Crippen molar-refractivity contribution in [3.8, 4) is 0 Å². The van der Waals surface area contributed by atoms with Gasteiger partial charge in [-0.2, -0.15) is 11.3 Å². The third-order valence-corrected chi connectivity index (χ3v) is 4.91. The zero-order chi connectivity index (χ0) is 15.5. The van der Waals surface area contributed by atoms with E-state index in [2.05, 4.69) is 4.72 Å². The summed E-state index contributed by atoms with van der Waals surface area (Å²) in [7, 11) is -3.87. The van der Waals surface area contributed by atoms with E-state index in [1.54, 1.807) is 16.8 Å². The van der Waals surface area contributed by atoms with Gasteiger partial charge >= 0.3 is 5.97 Å². The van der Waals surface area contributed by atoms with Crippen molar-refractivity contribution in [3.05, 3.63) is 52.2 Å². The van der Waals surface area contributed by atoms with Crippen molar-refractivity contribution >= 4 is 27.3 Å². The Kier molecular flexibility index (Phi) is 4.73. The van der Waals surface area contributed by atoms with E-state index in [-0.39, 0.29) is 17.0 Å². The lowest BCUT2D eigenvalue weighted by atomic mass is 10.2. The molecule has 1 aromatic heterocycles. The quantitative estimate of drug-likeness (QED) is 0.745. The Hall–Kier alpha value is -1.74. The van der Waals surface area contributed by atoms with Gasteiger partial charge in [0.2, 0.25) is 10.0 Å². The van der Waals surface area contributed by atoms with Crippen LogP contribution in [0.5, 0.6) is 0 Å². The van der Waals surface area contributed by atoms with Crippen LogP contribution in [0.15, 0.2) is 46.0 Å². The lowest BCUT2D eigenvalue weighted by Gasteiger charge is -2.11. The third kappa shape index (κ3) is 3.88. The van der Waals surface area contributed by atoms with Crippen LogP contribution in [0.2, 0.25) is 0 Å². The second-order valence-corrected chi connectivity index (χ2v) is 6.80. The molecule has 2 rings (SSSR count). The maximum atomic E-state index is 12.1. The number of rotatable bonds is 6. The molecule has 21 heavy (non-hydrogen) atoms. The van der Waals surface area contributed by atoms with Gasteiger partial charge in [0.1, 0.15) is 0 Å². The molecule has 0 aliphatic rings. The molecule has 0 saturated heterocycles. The first kappa shape index (κ1) is 15.6. The highest BCUT2D eigenvalue weighted by Gasteiger charge is 2.18. The minimum atomic E-state index is -3.87. The van der Waals surface area contributed by atoms with Crippen LogP contribution in [0.4, 0.5) is 0 Å². The summed E-state index contributed by atoms with van der Waals surface area (Å²) in [6.45, 7) is -0.184. The van der Waals surface area contributed by atoms with Crippen molar-refractivity contribution in [1.29, 1.82) is 0 Å². The first-order valence-corrected chi connectivity index (χ1v) is 8.36. The fraction of sp³-hybridized carbons (Fsp3) is 0.154. The molecule has 3 N–H and O–H groups in total. The predicted octanol–water partition coefficient (Wildman–Crippen LogP) is 1.46. The lowest BCUT2D eigenvalue weighted by molar-refractivity contribution is 0.0696. The monoisotopic (exact) mass is 327 g/mol. The second kappa shape index (κ2) is 6.35. The van der Waals surface area contributed by atoms with E-state index in [9.17, 15) is 18.3 Å². The molecule has 0 saturated carbocycles. The van der Waals surface area contributed by atoms with Crippen LogP contribution < -0.4 is 4.72 Å². The number of hydrogen-bond acceptors (Lipinski definition) is 5. The van der Waals surface area contributed by atoms with Crippen molar-refractivity contribution in [1.82, 2.24) is 4.72 Å². The Morgan fingerprint density at radius 1 is 1.33 bits per heavy atom. The van der Waals surface area contributed by atoms with E-state index < -0.39 is 22.1 Å². The van der Waals surface area contributed by atoms with Crippen molar-refractivity contribution in [2.75, 3.05) is 6.54 Å². The van der Waals surface area contributed by atoms with Gasteiger partial charge in [0.05, 0.1) is 16.6 Å². The highest BCUT2D eigenvalue weighted by atomic mass is 32.2. The summed E-state index contributed by atoms with van der Waals surface area (Å²) in [4.78, 5) is 10.7. The molecule has 0 fully saturated rings. The Labute approximate surface area is 125 Å². The smallest absolute Gasteiger partial charge is 0.335 e. The molecule has 0 aliphatic carbocycles. The zero-order valence-electron chi connectivity index (χ0n) is 10.8. The van der Waals surface area contributed by atoms with Crippen LogP contribution in [-0.4, -0.2) is 31.1 Å². The Morgan fingerprint density at radius 2 is 2.10 bits per heavy atom. The zero-order valence-corrected chi connectivity index (χ0v) is 12.4. The van der Waals surface area contributed by atoms with Gasteiger partial charge < -0.3 is 10.2 Å².